The smallest absolute Gasteiger partial charge is 0.354 e. The average Bonchev–Trinajstić information content (AvgIpc) is 2.25. The number of aromatic carboxylic acids is 1. The summed E-state index contributed by atoms with van der Waals surface area (Å²) in [4.78, 5) is 14.4. The van der Waals surface area contributed by atoms with Crippen molar-refractivity contribution in [2.75, 3.05) is 19.5 Å². The van der Waals surface area contributed by atoms with Gasteiger partial charge in [0, 0.05) is 24.8 Å². The summed E-state index contributed by atoms with van der Waals surface area (Å²) < 4.78 is 4.91. The minimum Gasteiger partial charge on any atom is -0.477 e. The van der Waals surface area contributed by atoms with E-state index < -0.39 is 5.97 Å². The summed E-state index contributed by atoms with van der Waals surface area (Å²) >= 11 is 1.71. The van der Waals surface area contributed by atoms with Crippen LogP contribution in [-0.4, -0.2) is 35.5 Å². The van der Waals surface area contributed by atoms with Crippen molar-refractivity contribution in [1.82, 2.24) is 4.98 Å². The first-order chi connectivity index (χ1) is 7.24. The monoisotopic (exact) mass is 227 g/mol. The van der Waals surface area contributed by atoms with E-state index in [4.69, 9.17) is 9.84 Å². The summed E-state index contributed by atoms with van der Waals surface area (Å²) in [6, 6.07) is 3.42. The molecule has 0 spiro atoms. The van der Waals surface area contributed by atoms with E-state index in [9.17, 15) is 4.79 Å². The van der Waals surface area contributed by atoms with Crippen molar-refractivity contribution < 1.29 is 14.6 Å². The van der Waals surface area contributed by atoms with Gasteiger partial charge in [-0.3, -0.25) is 0 Å². The molecule has 0 amide bonds. The van der Waals surface area contributed by atoms with E-state index in [1.807, 2.05) is 6.07 Å². The molecule has 0 aliphatic heterocycles. The molecule has 15 heavy (non-hydrogen) atoms. The van der Waals surface area contributed by atoms with Gasteiger partial charge in [0.1, 0.15) is 5.69 Å². The fourth-order valence-electron chi connectivity index (χ4n) is 1.01. The summed E-state index contributed by atoms with van der Waals surface area (Å²) in [5.74, 6) is 0.701. The SMILES string of the molecule is COCCSCc1ccnc(C(=O)O)c1. The van der Waals surface area contributed by atoms with Crippen LogP contribution in [0.1, 0.15) is 16.1 Å². The van der Waals surface area contributed by atoms with E-state index in [-0.39, 0.29) is 5.69 Å². The number of nitrogens with zero attached hydrogens (tertiary/aromatic N) is 1. The molecule has 0 saturated carbocycles. The highest BCUT2D eigenvalue weighted by atomic mass is 32.2. The number of thioether (sulfide) groups is 1. The highest BCUT2D eigenvalue weighted by Crippen LogP contribution is 2.12. The van der Waals surface area contributed by atoms with Crippen LogP contribution in [0.3, 0.4) is 0 Å². The standard InChI is InChI=1S/C10H13NO3S/c1-14-4-5-15-7-8-2-3-11-9(6-8)10(12)13/h2-3,6H,4-5,7H2,1H3,(H,12,13). The second-order valence-electron chi connectivity index (χ2n) is 2.90. The van der Waals surface area contributed by atoms with Gasteiger partial charge >= 0.3 is 5.97 Å². The van der Waals surface area contributed by atoms with Gasteiger partial charge in [-0.1, -0.05) is 0 Å². The van der Waals surface area contributed by atoms with Crippen LogP contribution in [0, 0.1) is 0 Å². The van der Waals surface area contributed by atoms with Gasteiger partial charge in [-0.05, 0) is 17.7 Å². The van der Waals surface area contributed by atoms with Crippen molar-refractivity contribution in [3.05, 3.63) is 29.6 Å². The molecule has 0 aliphatic carbocycles. The number of carbonyl (C=O) groups is 1. The molecule has 1 heterocycles. The molecule has 1 N–H and O–H groups in total. The van der Waals surface area contributed by atoms with Crippen molar-refractivity contribution >= 4 is 17.7 Å². The highest BCUT2D eigenvalue weighted by Gasteiger charge is 2.04. The minimum atomic E-state index is -0.987. The van der Waals surface area contributed by atoms with Gasteiger partial charge < -0.3 is 9.84 Å². The Bertz CT molecular complexity index is 330. The molecule has 0 radical (unpaired) electrons. The van der Waals surface area contributed by atoms with Gasteiger partial charge in [0.25, 0.3) is 0 Å². The maximum Gasteiger partial charge on any atom is 0.354 e. The van der Waals surface area contributed by atoms with E-state index >= 15 is 0 Å². The van der Waals surface area contributed by atoms with E-state index in [1.54, 1.807) is 24.9 Å². The molecular formula is C10H13NO3S. The summed E-state index contributed by atoms with van der Waals surface area (Å²) in [6.45, 7) is 0.710. The van der Waals surface area contributed by atoms with Crippen LogP contribution < -0.4 is 0 Å². The Morgan fingerprint density at radius 2 is 2.47 bits per heavy atom. The van der Waals surface area contributed by atoms with Gasteiger partial charge in [0.2, 0.25) is 0 Å². The number of aromatic nitrogens is 1. The predicted molar refractivity (Wildman–Crippen MR) is 59.2 cm³/mol. The Hall–Kier alpha value is -1.07. The average molecular weight is 227 g/mol. The van der Waals surface area contributed by atoms with Crippen LogP contribution in [-0.2, 0) is 10.5 Å². The normalized spacial score (nSPS) is 10.2. The molecule has 0 unspecified atom stereocenters. The van der Waals surface area contributed by atoms with Crippen LogP contribution in [0.25, 0.3) is 0 Å². The van der Waals surface area contributed by atoms with Crippen molar-refractivity contribution in [2.45, 2.75) is 5.75 Å². The number of hydrogen-bond donors (Lipinski definition) is 1. The van der Waals surface area contributed by atoms with Crippen LogP contribution in [0.15, 0.2) is 18.3 Å². The van der Waals surface area contributed by atoms with Crippen molar-refractivity contribution in [1.29, 1.82) is 0 Å². The summed E-state index contributed by atoms with van der Waals surface area (Å²) in [7, 11) is 1.66. The van der Waals surface area contributed by atoms with Gasteiger partial charge in [0.15, 0.2) is 0 Å². The Kier molecular flexibility index (Phi) is 5.14. The van der Waals surface area contributed by atoms with E-state index in [0.717, 1.165) is 17.1 Å². The Balaban J connectivity index is 2.47. The van der Waals surface area contributed by atoms with Crippen LogP contribution in [0.5, 0.6) is 0 Å². The number of ether oxygens (including phenoxy) is 1. The summed E-state index contributed by atoms with van der Waals surface area (Å²) in [6.07, 6.45) is 1.52. The van der Waals surface area contributed by atoms with Crippen molar-refractivity contribution in [3.8, 4) is 0 Å². The van der Waals surface area contributed by atoms with Gasteiger partial charge in [-0.25, -0.2) is 9.78 Å². The first-order valence-corrected chi connectivity index (χ1v) is 5.64. The third kappa shape index (κ3) is 4.31. The van der Waals surface area contributed by atoms with E-state index in [1.165, 1.54) is 6.20 Å². The fraction of sp³-hybridized carbons (Fsp3) is 0.400. The lowest BCUT2D eigenvalue weighted by Crippen LogP contribution is -2.00. The van der Waals surface area contributed by atoms with E-state index in [2.05, 4.69) is 4.98 Å². The molecule has 0 saturated heterocycles. The number of carboxylic acid groups (broad SMARTS) is 1. The molecule has 1 aromatic heterocycles. The summed E-state index contributed by atoms with van der Waals surface area (Å²) in [5, 5.41) is 8.73. The molecule has 0 fully saturated rings. The zero-order valence-electron chi connectivity index (χ0n) is 8.47. The van der Waals surface area contributed by atoms with Crippen molar-refractivity contribution in [2.24, 2.45) is 0 Å². The highest BCUT2D eigenvalue weighted by molar-refractivity contribution is 7.98. The number of methoxy groups -OCH3 is 1. The molecule has 0 bridgehead atoms. The van der Waals surface area contributed by atoms with E-state index in [0.29, 0.717) is 6.61 Å². The topological polar surface area (TPSA) is 59.4 Å². The van der Waals surface area contributed by atoms with Crippen LogP contribution in [0.4, 0.5) is 0 Å². The van der Waals surface area contributed by atoms with Crippen LogP contribution in [0.2, 0.25) is 0 Å². The third-order valence-electron chi connectivity index (χ3n) is 1.74. The lowest BCUT2D eigenvalue weighted by atomic mass is 10.2. The maximum absolute atomic E-state index is 10.6. The Morgan fingerprint density at radius 3 is 3.13 bits per heavy atom. The first kappa shape index (κ1) is 12.0. The number of rotatable bonds is 6. The van der Waals surface area contributed by atoms with Crippen molar-refractivity contribution in [3.63, 3.8) is 0 Å². The number of carboxylic acids is 1. The second kappa shape index (κ2) is 6.42. The van der Waals surface area contributed by atoms with Crippen LogP contribution >= 0.6 is 11.8 Å². The Labute approximate surface area is 92.7 Å². The molecule has 1 rings (SSSR count). The third-order valence-corrected chi connectivity index (χ3v) is 2.74. The molecule has 82 valence electrons. The quantitative estimate of drug-likeness (QED) is 0.749. The molecule has 0 aromatic carbocycles. The van der Waals surface area contributed by atoms with Gasteiger partial charge in [-0.2, -0.15) is 11.8 Å². The lowest BCUT2D eigenvalue weighted by molar-refractivity contribution is 0.0690. The predicted octanol–water partition coefficient (Wildman–Crippen LogP) is 1.66. The molecule has 5 heteroatoms. The molecule has 4 nitrogen and oxygen atoms in total. The lowest BCUT2D eigenvalue weighted by Gasteiger charge is -2.02. The first-order valence-electron chi connectivity index (χ1n) is 4.49. The Morgan fingerprint density at radius 1 is 1.67 bits per heavy atom. The molecular weight excluding hydrogens is 214 g/mol. The zero-order valence-corrected chi connectivity index (χ0v) is 9.29. The summed E-state index contributed by atoms with van der Waals surface area (Å²) in [5.41, 5.74) is 1.07. The minimum absolute atomic E-state index is 0.0971. The molecule has 1 aromatic rings. The number of hydrogen-bond acceptors (Lipinski definition) is 4. The molecule has 0 aliphatic rings. The maximum atomic E-state index is 10.6. The second-order valence-corrected chi connectivity index (χ2v) is 4.01. The van der Waals surface area contributed by atoms with Gasteiger partial charge in [-0.15, -0.1) is 0 Å². The fourth-order valence-corrected chi connectivity index (χ4v) is 1.86. The number of pyridine rings is 1. The largest absolute Gasteiger partial charge is 0.477 e. The molecule has 0 atom stereocenters. The van der Waals surface area contributed by atoms with Gasteiger partial charge in [0.05, 0.1) is 6.61 Å². The zero-order chi connectivity index (χ0) is 11.1.